The van der Waals surface area contributed by atoms with Gasteiger partial charge in [-0.15, -0.1) is 0 Å². The SMILES string of the molecule is O=c1oc2cc3oc(=O)c(-c4ccccc4)c(/C=C/c4ccccc4Cl)c3cc2c(/C=C/c2ccccc2Cl)c1-c1ccccc1. The molecule has 46 heavy (non-hydrogen) atoms. The molecule has 2 aromatic heterocycles. The number of benzene rings is 5. The van der Waals surface area contributed by atoms with E-state index in [4.69, 9.17) is 32.0 Å². The molecule has 7 aromatic rings. The molecule has 0 spiro atoms. The normalized spacial score (nSPS) is 11.7. The molecule has 7 rings (SSSR count). The van der Waals surface area contributed by atoms with E-state index in [1.807, 2.05) is 140 Å². The van der Waals surface area contributed by atoms with E-state index >= 15 is 0 Å². The fourth-order valence-electron chi connectivity index (χ4n) is 5.61. The van der Waals surface area contributed by atoms with Crippen molar-refractivity contribution in [3.05, 3.63) is 174 Å². The molecule has 0 N–H and O–H groups in total. The highest BCUT2D eigenvalue weighted by Gasteiger charge is 2.20. The lowest BCUT2D eigenvalue weighted by Gasteiger charge is -2.13. The zero-order valence-corrected chi connectivity index (χ0v) is 25.8. The Bertz CT molecular complexity index is 2250. The second-order valence-electron chi connectivity index (χ2n) is 10.6. The summed E-state index contributed by atoms with van der Waals surface area (Å²) in [5, 5.41) is 2.49. The molecule has 6 heteroatoms. The highest BCUT2D eigenvalue weighted by atomic mass is 35.5. The predicted molar refractivity (Wildman–Crippen MR) is 190 cm³/mol. The van der Waals surface area contributed by atoms with Crippen molar-refractivity contribution in [3.8, 4) is 22.3 Å². The van der Waals surface area contributed by atoms with Gasteiger partial charge in [0, 0.05) is 38.0 Å². The summed E-state index contributed by atoms with van der Waals surface area (Å²) in [5.41, 5.74) is 4.66. The summed E-state index contributed by atoms with van der Waals surface area (Å²) in [6, 6.07) is 37.3. The molecule has 0 aliphatic carbocycles. The second kappa shape index (κ2) is 12.5. The monoisotopic (exact) mass is 638 g/mol. The lowest BCUT2D eigenvalue weighted by Crippen LogP contribution is -2.08. The Morgan fingerprint density at radius 3 is 1.26 bits per heavy atom. The fourth-order valence-corrected chi connectivity index (χ4v) is 6.01. The quantitative estimate of drug-likeness (QED) is 0.134. The molecule has 5 aromatic carbocycles. The van der Waals surface area contributed by atoms with Crippen molar-refractivity contribution in [3.63, 3.8) is 0 Å². The summed E-state index contributed by atoms with van der Waals surface area (Å²) in [7, 11) is 0. The van der Waals surface area contributed by atoms with E-state index in [2.05, 4.69) is 0 Å². The minimum atomic E-state index is -0.515. The van der Waals surface area contributed by atoms with Crippen molar-refractivity contribution in [1.29, 1.82) is 0 Å². The molecule has 0 atom stereocenters. The summed E-state index contributed by atoms with van der Waals surface area (Å²) in [6.45, 7) is 0. The number of rotatable bonds is 6. The summed E-state index contributed by atoms with van der Waals surface area (Å²) >= 11 is 13.0. The first-order chi connectivity index (χ1) is 22.5. The van der Waals surface area contributed by atoms with Gasteiger partial charge in [-0.05, 0) is 40.5 Å². The van der Waals surface area contributed by atoms with Gasteiger partial charge in [0.05, 0.1) is 11.1 Å². The van der Waals surface area contributed by atoms with E-state index in [9.17, 15) is 9.59 Å². The maximum Gasteiger partial charge on any atom is 0.344 e. The van der Waals surface area contributed by atoms with E-state index in [-0.39, 0.29) is 11.2 Å². The third-order valence-electron chi connectivity index (χ3n) is 7.81. The average molecular weight is 640 g/mol. The molecule has 0 aliphatic heterocycles. The molecule has 0 bridgehead atoms. The standard InChI is InChI=1S/C40H24Cl2O4/c41-33-17-9-7-11-25(33)19-21-29-31-23-32-30(22-20-26-12-8-10-18-34(26)42)38(28-15-5-2-6-16-28)40(44)46-36(32)24-35(31)45-39(43)37(29)27-13-3-1-4-14-27/h1-24H/b21-19+,22-20+. The van der Waals surface area contributed by atoms with E-state index in [1.165, 1.54) is 0 Å². The molecule has 4 nitrogen and oxygen atoms in total. The van der Waals surface area contributed by atoms with Crippen LogP contribution in [0.1, 0.15) is 22.3 Å². The molecule has 0 saturated heterocycles. The first-order valence-electron chi connectivity index (χ1n) is 14.6. The smallest absolute Gasteiger partial charge is 0.344 e. The van der Waals surface area contributed by atoms with Crippen LogP contribution in [-0.2, 0) is 0 Å². The van der Waals surface area contributed by atoms with Crippen LogP contribution in [0.3, 0.4) is 0 Å². The number of hydrogen-bond acceptors (Lipinski definition) is 4. The van der Waals surface area contributed by atoms with Gasteiger partial charge in [0.15, 0.2) is 0 Å². The predicted octanol–water partition coefficient (Wildman–Crippen LogP) is 10.9. The highest BCUT2D eigenvalue weighted by Crippen LogP contribution is 2.36. The van der Waals surface area contributed by atoms with Crippen molar-refractivity contribution in [1.82, 2.24) is 0 Å². The number of halogens is 2. The van der Waals surface area contributed by atoms with Crippen LogP contribution < -0.4 is 11.3 Å². The minimum Gasteiger partial charge on any atom is -0.422 e. The van der Waals surface area contributed by atoms with Gasteiger partial charge in [0.2, 0.25) is 0 Å². The van der Waals surface area contributed by atoms with Gasteiger partial charge >= 0.3 is 11.3 Å². The molecule has 0 aliphatic rings. The molecule has 0 saturated carbocycles. The van der Waals surface area contributed by atoms with Crippen molar-refractivity contribution in [2.45, 2.75) is 0 Å². The van der Waals surface area contributed by atoms with Crippen molar-refractivity contribution >= 4 is 69.4 Å². The van der Waals surface area contributed by atoms with Gasteiger partial charge in [-0.2, -0.15) is 0 Å². The van der Waals surface area contributed by atoms with Gasteiger partial charge in [0.25, 0.3) is 0 Å². The molecule has 0 radical (unpaired) electrons. The Balaban J connectivity index is 1.58. The van der Waals surface area contributed by atoms with E-state index < -0.39 is 11.3 Å². The van der Waals surface area contributed by atoms with Crippen LogP contribution in [0.2, 0.25) is 10.0 Å². The summed E-state index contributed by atoms with van der Waals surface area (Å²) in [6.07, 6.45) is 7.52. The first kappa shape index (κ1) is 29.3. The van der Waals surface area contributed by atoms with Gasteiger partial charge in [-0.3, -0.25) is 0 Å². The van der Waals surface area contributed by atoms with Crippen LogP contribution in [0.15, 0.2) is 140 Å². The molecule has 222 valence electrons. The Morgan fingerprint density at radius 1 is 0.457 bits per heavy atom. The minimum absolute atomic E-state index is 0.285. The van der Waals surface area contributed by atoms with E-state index in [0.29, 0.717) is 54.2 Å². The molecule has 0 fully saturated rings. The lowest BCUT2D eigenvalue weighted by atomic mass is 9.93. The number of hydrogen-bond donors (Lipinski definition) is 0. The van der Waals surface area contributed by atoms with Gasteiger partial charge in [0.1, 0.15) is 11.2 Å². The summed E-state index contributed by atoms with van der Waals surface area (Å²) in [5.74, 6) is 0. The van der Waals surface area contributed by atoms with Gasteiger partial charge in [-0.1, -0.05) is 145 Å². The Hall–Kier alpha value is -5.42. The molecule has 0 unspecified atom stereocenters. The van der Waals surface area contributed by atoms with Crippen LogP contribution >= 0.6 is 23.2 Å². The zero-order chi connectivity index (χ0) is 31.6. The maximum atomic E-state index is 13.6. The topological polar surface area (TPSA) is 60.4 Å². The molecule has 2 heterocycles. The Labute approximate surface area is 274 Å². The van der Waals surface area contributed by atoms with Crippen LogP contribution in [0, 0.1) is 0 Å². The Morgan fingerprint density at radius 2 is 0.848 bits per heavy atom. The van der Waals surface area contributed by atoms with E-state index in [0.717, 1.165) is 11.1 Å². The largest absolute Gasteiger partial charge is 0.422 e. The second-order valence-corrected chi connectivity index (χ2v) is 11.5. The lowest BCUT2D eigenvalue weighted by molar-refractivity contribution is 0.551. The first-order valence-corrected chi connectivity index (χ1v) is 15.3. The average Bonchev–Trinajstić information content (AvgIpc) is 3.07. The molecular weight excluding hydrogens is 615 g/mol. The van der Waals surface area contributed by atoms with E-state index in [1.54, 1.807) is 6.07 Å². The molecular formula is C40H24Cl2O4. The van der Waals surface area contributed by atoms with Crippen LogP contribution in [-0.4, -0.2) is 0 Å². The van der Waals surface area contributed by atoms with Gasteiger partial charge < -0.3 is 8.83 Å². The van der Waals surface area contributed by atoms with Crippen molar-refractivity contribution in [2.24, 2.45) is 0 Å². The zero-order valence-electron chi connectivity index (χ0n) is 24.2. The van der Waals surface area contributed by atoms with Crippen LogP contribution in [0.5, 0.6) is 0 Å². The maximum absolute atomic E-state index is 13.6. The van der Waals surface area contributed by atoms with Gasteiger partial charge in [-0.25, -0.2) is 9.59 Å². The third kappa shape index (κ3) is 5.61. The van der Waals surface area contributed by atoms with Crippen LogP contribution in [0.25, 0.3) is 68.5 Å². The number of fused-ring (bicyclic) bond motifs is 2. The van der Waals surface area contributed by atoms with Crippen molar-refractivity contribution < 1.29 is 8.83 Å². The van der Waals surface area contributed by atoms with Crippen LogP contribution in [0.4, 0.5) is 0 Å². The third-order valence-corrected chi connectivity index (χ3v) is 8.50. The summed E-state index contributed by atoms with van der Waals surface area (Å²) in [4.78, 5) is 27.2. The summed E-state index contributed by atoms with van der Waals surface area (Å²) < 4.78 is 11.8. The highest BCUT2D eigenvalue weighted by molar-refractivity contribution is 6.32. The molecule has 0 amide bonds. The Kier molecular flexibility index (Phi) is 7.98. The van der Waals surface area contributed by atoms with Crippen molar-refractivity contribution in [2.75, 3.05) is 0 Å². The fraction of sp³-hybridized carbons (Fsp3) is 0.